The molecule has 396 valence electrons. The number of hydrogen-bond acceptors (Lipinski definition) is 17. The number of aliphatic hydroxyl groups excluding tert-OH is 3. The summed E-state index contributed by atoms with van der Waals surface area (Å²) in [6.07, 6.45) is -8.46. The van der Waals surface area contributed by atoms with Gasteiger partial charge in [0.1, 0.15) is 30.0 Å². The maximum atomic E-state index is 14.6. The summed E-state index contributed by atoms with van der Waals surface area (Å²) in [5.41, 5.74) is -3.52. The van der Waals surface area contributed by atoms with Gasteiger partial charge in [0.15, 0.2) is 17.7 Å². The zero-order valence-electron chi connectivity index (χ0n) is 43.5. The molecule has 18 nitrogen and oxygen atoms in total. The van der Waals surface area contributed by atoms with Crippen LogP contribution >= 0.6 is 12.2 Å². The van der Waals surface area contributed by atoms with E-state index < -0.39 is 102 Å². The first kappa shape index (κ1) is 58.9. The number of methoxy groups -OCH3 is 1. The zero-order valence-corrected chi connectivity index (χ0v) is 44.4. The molecule has 3 aliphatic heterocycles. The van der Waals surface area contributed by atoms with E-state index in [0.29, 0.717) is 48.8 Å². The van der Waals surface area contributed by atoms with Crippen molar-refractivity contribution in [2.45, 2.75) is 199 Å². The third-order valence-corrected chi connectivity index (χ3v) is 14.8. The lowest BCUT2D eigenvalue weighted by Crippen LogP contribution is -2.60. The second kappa shape index (κ2) is 25.3. The van der Waals surface area contributed by atoms with E-state index in [1.165, 1.54) is 14.0 Å². The van der Waals surface area contributed by atoms with Gasteiger partial charge in [-0.15, -0.1) is 0 Å². The van der Waals surface area contributed by atoms with Crippen LogP contribution in [0.5, 0.6) is 0 Å². The average Bonchev–Trinajstić information content (AvgIpc) is 3.28. The molecule has 7 N–H and O–H groups in total. The topological polar surface area (TPSA) is 230 Å². The highest BCUT2D eigenvalue weighted by Crippen LogP contribution is 2.40. The molecule has 0 spiro atoms. The molecule has 0 saturated carbocycles. The van der Waals surface area contributed by atoms with Crippen molar-refractivity contribution in [2.24, 2.45) is 17.8 Å². The summed E-state index contributed by atoms with van der Waals surface area (Å²) in [4.78, 5) is 30.6. The van der Waals surface area contributed by atoms with Crippen LogP contribution in [0.2, 0.25) is 0 Å². The van der Waals surface area contributed by atoms with Gasteiger partial charge in [0.2, 0.25) is 0 Å². The molecule has 0 radical (unpaired) electrons. The number of ether oxygens (including phenoxy) is 7. The van der Waals surface area contributed by atoms with Gasteiger partial charge >= 0.3 is 11.9 Å². The summed E-state index contributed by atoms with van der Waals surface area (Å²) in [5.74, 6) is -3.27. The molecule has 1 aromatic carbocycles. The molecule has 0 unspecified atom stereocenters. The van der Waals surface area contributed by atoms with Crippen molar-refractivity contribution < 1.29 is 68.3 Å². The van der Waals surface area contributed by atoms with Crippen LogP contribution in [0, 0.1) is 17.8 Å². The maximum absolute atomic E-state index is 14.6. The van der Waals surface area contributed by atoms with Gasteiger partial charge in [0, 0.05) is 56.9 Å². The van der Waals surface area contributed by atoms with Crippen molar-refractivity contribution in [1.29, 1.82) is 0 Å². The minimum Gasteiger partial charge on any atom is -0.462 e. The molecule has 3 aliphatic rings. The Morgan fingerprint density at radius 2 is 1.61 bits per heavy atom. The lowest BCUT2D eigenvalue weighted by Gasteiger charge is -2.48. The van der Waals surface area contributed by atoms with Crippen molar-refractivity contribution in [3.8, 4) is 0 Å². The highest BCUT2D eigenvalue weighted by Gasteiger charge is 2.53. The van der Waals surface area contributed by atoms with Crippen LogP contribution in [0.4, 0.5) is 5.69 Å². The molecule has 19 heteroatoms. The predicted molar refractivity (Wildman–Crippen MR) is 264 cm³/mol. The minimum atomic E-state index is -1.91. The Kier molecular flexibility index (Phi) is 21.7. The normalized spacial score (nSPS) is 40.0. The van der Waals surface area contributed by atoms with Gasteiger partial charge in [-0.25, -0.2) is 4.79 Å². The zero-order chi connectivity index (χ0) is 51.8. The van der Waals surface area contributed by atoms with Crippen molar-refractivity contribution in [3.05, 3.63) is 29.8 Å². The van der Waals surface area contributed by atoms with Crippen molar-refractivity contribution >= 4 is 35.0 Å². The van der Waals surface area contributed by atoms with Crippen LogP contribution in [0.15, 0.2) is 24.3 Å². The number of likely N-dealkylation sites (N-methyl/N-ethyl adjacent to an activating group) is 1. The number of aliphatic hydroxyl groups is 5. The molecule has 18 atom stereocenters. The number of thiocarbonyl (C=S) groups is 1. The lowest BCUT2D eigenvalue weighted by molar-refractivity contribution is -0.318. The van der Waals surface area contributed by atoms with E-state index in [0.717, 1.165) is 0 Å². The Balaban J connectivity index is 1.70. The van der Waals surface area contributed by atoms with Crippen molar-refractivity contribution in [2.75, 3.05) is 52.8 Å². The van der Waals surface area contributed by atoms with Crippen molar-refractivity contribution in [1.82, 2.24) is 15.1 Å². The number of anilines is 1. The molecule has 3 saturated heterocycles. The number of esters is 2. The largest absolute Gasteiger partial charge is 0.462 e. The summed E-state index contributed by atoms with van der Waals surface area (Å²) < 4.78 is 43.2. The van der Waals surface area contributed by atoms with Crippen LogP contribution in [-0.4, -0.2) is 190 Å². The van der Waals surface area contributed by atoms with Gasteiger partial charge < -0.3 is 74.2 Å². The van der Waals surface area contributed by atoms with E-state index in [4.69, 9.17) is 45.4 Å². The number of carbonyl (C=O) groups excluding carboxylic acids is 2. The molecule has 3 heterocycles. The van der Waals surface area contributed by atoms with Gasteiger partial charge in [0.25, 0.3) is 0 Å². The first-order valence-corrected chi connectivity index (χ1v) is 25.2. The summed E-state index contributed by atoms with van der Waals surface area (Å²) in [7, 11) is 5.25. The lowest BCUT2D eigenvalue weighted by atomic mass is 9.77. The Morgan fingerprint density at radius 1 is 0.957 bits per heavy atom. The third-order valence-electron chi connectivity index (χ3n) is 14.6. The average molecular weight is 999 g/mol. The van der Waals surface area contributed by atoms with Crippen LogP contribution < -0.4 is 10.6 Å². The first-order chi connectivity index (χ1) is 32.2. The summed E-state index contributed by atoms with van der Waals surface area (Å²) in [6, 6.07) is 5.79. The highest BCUT2D eigenvalue weighted by atomic mass is 32.1. The first-order valence-electron chi connectivity index (χ1n) is 24.8. The van der Waals surface area contributed by atoms with Gasteiger partial charge in [-0.05, 0) is 138 Å². The molecule has 0 aliphatic carbocycles. The predicted octanol–water partition coefficient (Wildman–Crippen LogP) is 3.82. The quantitative estimate of drug-likeness (QED) is 0.0798. The fourth-order valence-corrected chi connectivity index (χ4v) is 10.7. The van der Waals surface area contributed by atoms with Gasteiger partial charge in [0.05, 0.1) is 53.7 Å². The molecule has 69 heavy (non-hydrogen) atoms. The maximum Gasteiger partial charge on any atom is 0.338 e. The molecule has 0 amide bonds. The SMILES string of the molecule is CCOC(=O)c1ccc(NC(=S)NCCCN2C[C@H](C)C[C@@](C)(O)[C@H](O[C@@H]3O[C@H](C)C[C@H](N(C)C)[C@H]3O)[C@@H](C)[C@H](O[C@H]3C[C@@](C)(OC)[C@@H](O)[C@H](C)O3)[C@@H](C)C(=O)O[C@H](CC)[C@@](C)(O)[C@H](O)[C@H]2C)cc1. The number of cyclic esters (lactones) is 1. The number of rotatable bonds is 14. The molecule has 0 bridgehead atoms. The van der Waals surface area contributed by atoms with E-state index in [2.05, 4.69) is 10.6 Å². The van der Waals surface area contributed by atoms with Crippen LogP contribution in [-0.2, 0) is 38.0 Å². The van der Waals surface area contributed by atoms with E-state index >= 15 is 0 Å². The number of nitrogens with one attached hydrogen (secondary N) is 2. The second-order valence-corrected chi connectivity index (χ2v) is 21.2. The van der Waals surface area contributed by atoms with Crippen LogP contribution in [0.1, 0.15) is 119 Å². The minimum absolute atomic E-state index is 0.0990. The molecule has 1 aromatic rings. The van der Waals surface area contributed by atoms with E-state index in [1.54, 1.807) is 65.8 Å². The number of hydrogen-bond donors (Lipinski definition) is 7. The molecule has 4 rings (SSSR count). The summed E-state index contributed by atoms with van der Waals surface area (Å²) >= 11 is 5.58. The van der Waals surface area contributed by atoms with E-state index in [9.17, 15) is 35.1 Å². The summed E-state index contributed by atoms with van der Waals surface area (Å²) in [6.45, 7) is 20.8. The fraction of sp³-hybridized carbons (Fsp3) is 0.820. The monoisotopic (exact) mass is 999 g/mol. The Labute approximate surface area is 416 Å². The van der Waals surface area contributed by atoms with E-state index in [-0.39, 0.29) is 43.9 Å². The fourth-order valence-electron chi connectivity index (χ4n) is 10.5. The number of benzene rings is 1. The molecular weight excluding hydrogens is 913 g/mol. The van der Waals surface area contributed by atoms with E-state index in [1.807, 2.05) is 51.6 Å². The summed E-state index contributed by atoms with van der Waals surface area (Å²) in [5, 5.41) is 66.7. The Morgan fingerprint density at radius 3 is 2.20 bits per heavy atom. The second-order valence-electron chi connectivity index (χ2n) is 20.8. The Hall–Kier alpha value is -2.63. The van der Waals surface area contributed by atoms with Crippen molar-refractivity contribution in [3.63, 3.8) is 0 Å². The van der Waals surface area contributed by atoms with Crippen LogP contribution in [0.25, 0.3) is 0 Å². The third kappa shape index (κ3) is 15.0. The molecule has 3 fully saturated rings. The number of carbonyl (C=O) groups is 2. The number of nitrogens with zero attached hydrogens (tertiary/aromatic N) is 2. The highest BCUT2D eigenvalue weighted by molar-refractivity contribution is 7.80. The van der Waals surface area contributed by atoms with Crippen LogP contribution in [0.3, 0.4) is 0 Å². The smallest absolute Gasteiger partial charge is 0.338 e. The molecule has 0 aromatic heterocycles. The Bertz CT molecular complexity index is 1790. The van der Waals surface area contributed by atoms with Gasteiger partial charge in [-0.1, -0.05) is 20.8 Å². The van der Waals surface area contributed by atoms with Gasteiger partial charge in [-0.2, -0.15) is 0 Å². The van der Waals surface area contributed by atoms with Gasteiger partial charge in [-0.3, -0.25) is 9.69 Å². The molecular formula is C50H86N4O14S. The standard InChI is InChI=1S/C50H86N4O14S/c1-15-37-50(11,61)41(56)32(7)54(23-17-22-51-47(69)52-35-20-18-34(19-21-35)45(59)63-16-2)27-28(3)25-48(9,60)43(68-46-39(55)36(53(12)13)24-29(4)64-46)30(5)40(31(6)44(58)66-37)67-38-26-49(10,62-14)42(57)33(8)65-38/h18-21,28-33,36-43,46,55-57,60-61H,15-17,22-27H2,1-14H3,(H2,51,52,69)/t28-,29-,30+,31-,32-,33+,36+,37-,38+,39-,40+,41-,42+,43-,46+,48-,49-,50-/m1/s1.